The average Bonchev–Trinajstić information content (AvgIpc) is 3.21. The molecule has 0 spiro atoms. The molecule has 24 heavy (non-hydrogen) atoms. The predicted molar refractivity (Wildman–Crippen MR) is 98.3 cm³/mol. The Labute approximate surface area is 145 Å². The van der Waals surface area contributed by atoms with Crippen LogP contribution >= 0.6 is 11.3 Å². The van der Waals surface area contributed by atoms with E-state index in [1.165, 1.54) is 21.4 Å². The second kappa shape index (κ2) is 6.79. The number of hydrogen-bond donors (Lipinski definition) is 2. The smallest absolute Gasteiger partial charge is 0.234 e. The van der Waals surface area contributed by atoms with Gasteiger partial charge in [0.05, 0.1) is 6.54 Å². The molecule has 3 aromatic rings. The van der Waals surface area contributed by atoms with Gasteiger partial charge in [-0.1, -0.05) is 18.2 Å². The zero-order valence-electron chi connectivity index (χ0n) is 13.5. The molecule has 0 aliphatic carbocycles. The van der Waals surface area contributed by atoms with Gasteiger partial charge in [-0.05, 0) is 41.5 Å². The molecule has 0 atom stereocenters. The first-order valence-corrected chi connectivity index (χ1v) is 9.27. The quantitative estimate of drug-likeness (QED) is 0.751. The minimum absolute atomic E-state index is 0.119. The Kier molecular flexibility index (Phi) is 4.36. The molecule has 2 N–H and O–H groups in total. The van der Waals surface area contributed by atoms with Crippen molar-refractivity contribution in [3.05, 3.63) is 57.9 Å². The van der Waals surface area contributed by atoms with Crippen molar-refractivity contribution >= 4 is 28.1 Å². The first-order chi connectivity index (χ1) is 11.8. The first-order valence-electron chi connectivity index (χ1n) is 8.39. The number of amides is 1. The third-order valence-electron chi connectivity index (χ3n) is 4.65. The van der Waals surface area contributed by atoms with Crippen LogP contribution in [0.15, 0.2) is 41.9 Å². The van der Waals surface area contributed by atoms with Crippen molar-refractivity contribution in [2.75, 3.05) is 19.6 Å². The Morgan fingerprint density at radius 2 is 2.21 bits per heavy atom. The summed E-state index contributed by atoms with van der Waals surface area (Å²) in [7, 11) is 0. The number of benzene rings is 1. The van der Waals surface area contributed by atoms with E-state index in [9.17, 15) is 4.79 Å². The molecule has 1 amide bonds. The summed E-state index contributed by atoms with van der Waals surface area (Å²) in [5.74, 6) is 0.119. The normalized spacial score (nSPS) is 14.7. The summed E-state index contributed by atoms with van der Waals surface area (Å²) in [5.41, 5.74) is 3.79. The van der Waals surface area contributed by atoms with E-state index in [1.807, 2.05) is 29.7 Å². The van der Waals surface area contributed by atoms with Crippen LogP contribution in [-0.4, -0.2) is 35.4 Å². The van der Waals surface area contributed by atoms with E-state index in [0.717, 1.165) is 31.4 Å². The van der Waals surface area contributed by atoms with Crippen LogP contribution in [0.25, 0.3) is 10.9 Å². The molecule has 1 aromatic carbocycles. The highest BCUT2D eigenvalue weighted by Crippen LogP contribution is 2.23. The van der Waals surface area contributed by atoms with Crippen molar-refractivity contribution in [3.8, 4) is 0 Å². The third kappa shape index (κ3) is 3.23. The minimum Gasteiger partial charge on any atom is -0.361 e. The molecular weight excluding hydrogens is 318 g/mol. The summed E-state index contributed by atoms with van der Waals surface area (Å²) in [5, 5.41) is 6.45. The van der Waals surface area contributed by atoms with Crippen LogP contribution < -0.4 is 5.32 Å². The Morgan fingerprint density at radius 3 is 3.17 bits per heavy atom. The number of carbonyl (C=O) groups excluding carboxylic acids is 1. The number of fused-ring (bicyclic) bond motifs is 2. The Balaban J connectivity index is 1.27. The van der Waals surface area contributed by atoms with Gasteiger partial charge in [0.2, 0.25) is 5.91 Å². The number of aromatic amines is 1. The van der Waals surface area contributed by atoms with E-state index in [1.54, 1.807) is 0 Å². The van der Waals surface area contributed by atoms with E-state index in [2.05, 4.69) is 38.8 Å². The molecule has 5 heteroatoms. The van der Waals surface area contributed by atoms with Gasteiger partial charge in [0.1, 0.15) is 0 Å². The number of nitrogens with one attached hydrogen (secondary N) is 2. The van der Waals surface area contributed by atoms with Crippen LogP contribution in [0, 0.1) is 0 Å². The first kappa shape index (κ1) is 15.4. The van der Waals surface area contributed by atoms with E-state index < -0.39 is 0 Å². The van der Waals surface area contributed by atoms with Gasteiger partial charge in [-0.2, -0.15) is 0 Å². The van der Waals surface area contributed by atoms with Crippen molar-refractivity contribution in [2.24, 2.45) is 0 Å². The molecule has 1 aliphatic rings. The number of rotatable bonds is 5. The summed E-state index contributed by atoms with van der Waals surface area (Å²) in [6, 6.07) is 10.5. The second-order valence-electron chi connectivity index (χ2n) is 6.29. The molecular formula is C19H21N3OS. The zero-order chi connectivity index (χ0) is 16.4. The summed E-state index contributed by atoms with van der Waals surface area (Å²) in [4.78, 5) is 19.2. The van der Waals surface area contributed by atoms with Crippen LogP contribution in [0.4, 0.5) is 0 Å². The largest absolute Gasteiger partial charge is 0.361 e. The van der Waals surface area contributed by atoms with Crippen LogP contribution in [0.3, 0.4) is 0 Å². The number of aromatic nitrogens is 1. The van der Waals surface area contributed by atoms with Crippen LogP contribution in [0.1, 0.15) is 16.0 Å². The highest BCUT2D eigenvalue weighted by Gasteiger charge is 2.19. The zero-order valence-corrected chi connectivity index (χ0v) is 14.4. The lowest BCUT2D eigenvalue weighted by Crippen LogP contribution is -2.40. The lowest BCUT2D eigenvalue weighted by molar-refractivity contribution is -0.122. The average molecular weight is 339 g/mol. The monoisotopic (exact) mass is 339 g/mol. The summed E-state index contributed by atoms with van der Waals surface area (Å²) in [6.07, 6.45) is 3.96. The van der Waals surface area contributed by atoms with Crippen molar-refractivity contribution < 1.29 is 4.79 Å². The predicted octanol–water partition coefficient (Wildman–Crippen LogP) is 2.95. The topological polar surface area (TPSA) is 48.1 Å². The Bertz CT molecular complexity index is 851. The molecule has 3 heterocycles. The molecule has 4 rings (SSSR count). The van der Waals surface area contributed by atoms with E-state index in [-0.39, 0.29) is 5.91 Å². The van der Waals surface area contributed by atoms with E-state index in [0.29, 0.717) is 13.1 Å². The fourth-order valence-electron chi connectivity index (χ4n) is 3.38. The van der Waals surface area contributed by atoms with E-state index >= 15 is 0 Å². The van der Waals surface area contributed by atoms with Gasteiger partial charge in [0.25, 0.3) is 0 Å². The van der Waals surface area contributed by atoms with Crippen molar-refractivity contribution in [1.29, 1.82) is 0 Å². The molecule has 0 fully saturated rings. The van der Waals surface area contributed by atoms with Gasteiger partial charge in [-0.15, -0.1) is 11.3 Å². The fraction of sp³-hybridized carbons (Fsp3) is 0.316. The van der Waals surface area contributed by atoms with Gasteiger partial charge in [-0.3, -0.25) is 9.69 Å². The van der Waals surface area contributed by atoms with Gasteiger partial charge in [0, 0.05) is 41.6 Å². The number of thiophene rings is 1. The minimum atomic E-state index is 0.119. The fourth-order valence-corrected chi connectivity index (χ4v) is 4.27. The van der Waals surface area contributed by atoms with Gasteiger partial charge in [0.15, 0.2) is 0 Å². The van der Waals surface area contributed by atoms with Crippen LogP contribution in [-0.2, 0) is 24.2 Å². The molecule has 124 valence electrons. The van der Waals surface area contributed by atoms with E-state index in [4.69, 9.17) is 0 Å². The number of H-pyrrole nitrogens is 1. The maximum absolute atomic E-state index is 12.2. The summed E-state index contributed by atoms with van der Waals surface area (Å²) < 4.78 is 0. The molecule has 0 bridgehead atoms. The highest BCUT2D eigenvalue weighted by atomic mass is 32.1. The molecule has 4 nitrogen and oxygen atoms in total. The molecule has 1 aliphatic heterocycles. The van der Waals surface area contributed by atoms with Crippen molar-refractivity contribution in [3.63, 3.8) is 0 Å². The molecule has 0 unspecified atom stereocenters. The lowest BCUT2D eigenvalue weighted by atomic mass is 10.1. The standard InChI is InChI=1S/C19H21N3OS/c23-19(13-22-9-6-18-15(12-22)7-10-24-18)20-8-5-14-11-21-17-4-2-1-3-16(14)17/h1-4,7,10-11,21H,5-6,8-9,12-13H2,(H,20,23). The van der Waals surface area contributed by atoms with Crippen LogP contribution in [0.5, 0.6) is 0 Å². The van der Waals surface area contributed by atoms with Gasteiger partial charge in [-0.25, -0.2) is 0 Å². The molecule has 0 saturated carbocycles. The molecule has 2 aromatic heterocycles. The van der Waals surface area contributed by atoms with Gasteiger partial charge < -0.3 is 10.3 Å². The molecule has 0 saturated heterocycles. The number of hydrogen-bond acceptors (Lipinski definition) is 3. The summed E-state index contributed by atoms with van der Waals surface area (Å²) >= 11 is 1.83. The third-order valence-corrected chi connectivity index (χ3v) is 5.67. The SMILES string of the molecule is O=C(CN1CCc2sccc2C1)NCCc1c[nH]c2ccccc12. The maximum atomic E-state index is 12.2. The maximum Gasteiger partial charge on any atom is 0.234 e. The number of nitrogens with zero attached hydrogens (tertiary/aromatic N) is 1. The number of carbonyl (C=O) groups is 1. The van der Waals surface area contributed by atoms with Gasteiger partial charge >= 0.3 is 0 Å². The molecule has 0 radical (unpaired) electrons. The number of para-hydroxylation sites is 1. The Morgan fingerprint density at radius 1 is 1.29 bits per heavy atom. The van der Waals surface area contributed by atoms with Crippen molar-refractivity contribution in [2.45, 2.75) is 19.4 Å². The van der Waals surface area contributed by atoms with Crippen LogP contribution in [0.2, 0.25) is 0 Å². The summed E-state index contributed by atoms with van der Waals surface area (Å²) in [6.45, 7) is 3.04. The highest BCUT2D eigenvalue weighted by molar-refractivity contribution is 7.10. The second-order valence-corrected chi connectivity index (χ2v) is 7.29. The van der Waals surface area contributed by atoms with Crippen molar-refractivity contribution in [1.82, 2.24) is 15.2 Å². The lowest BCUT2D eigenvalue weighted by Gasteiger charge is -2.26. The Hall–Kier alpha value is -2.11.